The summed E-state index contributed by atoms with van der Waals surface area (Å²) >= 11 is 1.52. The van der Waals surface area contributed by atoms with Gasteiger partial charge in [0.1, 0.15) is 11.6 Å². The minimum absolute atomic E-state index is 0.394. The summed E-state index contributed by atoms with van der Waals surface area (Å²) in [5, 5.41) is 19.1. The van der Waals surface area contributed by atoms with Crippen molar-refractivity contribution in [1.29, 1.82) is 5.26 Å². The zero-order chi connectivity index (χ0) is 17.1. The number of nitriles is 1. The number of hydrogen-bond donors (Lipinski definition) is 2. The summed E-state index contributed by atoms with van der Waals surface area (Å²) in [5.74, 6) is 1.92. The maximum atomic E-state index is 9.55. The van der Waals surface area contributed by atoms with Crippen molar-refractivity contribution in [2.45, 2.75) is 46.1 Å². The van der Waals surface area contributed by atoms with Crippen LogP contribution in [0.1, 0.15) is 45.7 Å². The number of hydrogen-bond acceptors (Lipinski definition) is 6. The highest BCUT2D eigenvalue weighted by atomic mass is 32.2. The molecule has 5 nitrogen and oxygen atoms in total. The molecule has 1 aliphatic carbocycles. The molecule has 0 bridgehead atoms. The summed E-state index contributed by atoms with van der Waals surface area (Å²) in [6.45, 7) is 6.58. The normalized spacial score (nSPS) is 28.6. The third kappa shape index (κ3) is 3.57. The van der Waals surface area contributed by atoms with E-state index in [1.807, 2.05) is 12.3 Å². The second-order valence-corrected chi connectivity index (χ2v) is 7.52. The highest BCUT2D eigenvalue weighted by Gasteiger charge is 2.27. The molecule has 24 heavy (non-hydrogen) atoms. The van der Waals surface area contributed by atoms with E-state index in [0.717, 1.165) is 17.1 Å². The van der Waals surface area contributed by atoms with Crippen molar-refractivity contribution in [2.75, 3.05) is 5.32 Å². The Balaban J connectivity index is 1.81. The van der Waals surface area contributed by atoms with Gasteiger partial charge in [0, 0.05) is 17.9 Å². The van der Waals surface area contributed by atoms with Crippen LogP contribution in [-0.4, -0.2) is 16.0 Å². The molecule has 0 saturated heterocycles. The monoisotopic (exact) mass is 341 g/mol. The van der Waals surface area contributed by atoms with Crippen molar-refractivity contribution in [3.63, 3.8) is 0 Å². The minimum atomic E-state index is 0.394. The van der Waals surface area contributed by atoms with E-state index in [0.29, 0.717) is 35.1 Å². The van der Waals surface area contributed by atoms with Crippen molar-refractivity contribution in [3.8, 4) is 6.07 Å². The predicted octanol–water partition coefficient (Wildman–Crippen LogP) is 4.10. The van der Waals surface area contributed by atoms with Crippen LogP contribution in [0.4, 0.5) is 5.95 Å². The van der Waals surface area contributed by atoms with E-state index in [4.69, 9.17) is 0 Å². The summed E-state index contributed by atoms with van der Waals surface area (Å²) in [4.78, 5) is 8.94. The topological polar surface area (TPSA) is 73.6 Å². The molecular formula is C18H23N5S. The number of aromatic nitrogens is 2. The lowest BCUT2D eigenvalue weighted by atomic mass is 9.78. The Morgan fingerprint density at radius 2 is 2.25 bits per heavy atom. The average molecular weight is 341 g/mol. The summed E-state index contributed by atoms with van der Waals surface area (Å²) in [5.41, 5.74) is 2.26. The van der Waals surface area contributed by atoms with Crippen molar-refractivity contribution in [1.82, 2.24) is 15.3 Å². The molecule has 3 atom stereocenters. The molecule has 2 heterocycles. The Kier molecular flexibility index (Phi) is 5.10. The minimum Gasteiger partial charge on any atom is -0.352 e. The Hall–Kier alpha value is -2.00. The number of rotatable bonds is 3. The number of anilines is 1. The zero-order valence-electron chi connectivity index (χ0n) is 14.3. The molecule has 126 valence electrons. The van der Waals surface area contributed by atoms with E-state index >= 15 is 0 Å². The van der Waals surface area contributed by atoms with Crippen LogP contribution < -0.4 is 10.6 Å². The summed E-state index contributed by atoms with van der Waals surface area (Å²) in [6.07, 6.45) is 5.40. The standard InChI is InChI=1S/C18H23N5S/c1-11-5-4-6-15(13(11)3)22-18-20-8-7-16(23-18)14(9-19)17-21-12(2)10-24-17/h7-8,10-11,13,15,21H,4-6H2,1-3H3,(H,20,22,23)/b17-14-. The van der Waals surface area contributed by atoms with Crippen LogP contribution in [0.5, 0.6) is 0 Å². The van der Waals surface area contributed by atoms with Gasteiger partial charge in [-0.3, -0.25) is 0 Å². The molecule has 1 fully saturated rings. The first-order valence-corrected chi connectivity index (χ1v) is 9.31. The average Bonchev–Trinajstić information content (AvgIpc) is 2.99. The second kappa shape index (κ2) is 7.27. The van der Waals surface area contributed by atoms with Gasteiger partial charge in [-0.25, -0.2) is 9.97 Å². The fraction of sp³-hybridized carbons (Fsp3) is 0.500. The summed E-state index contributed by atoms with van der Waals surface area (Å²) in [7, 11) is 0. The molecule has 0 amide bonds. The molecule has 0 spiro atoms. The maximum absolute atomic E-state index is 9.55. The molecule has 0 radical (unpaired) electrons. The number of nitrogens with zero attached hydrogens (tertiary/aromatic N) is 3. The van der Waals surface area contributed by atoms with E-state index in [2.05, 4.69) is 40.5 Å². The Morgan fingerprint density at radius 1 is 1.42 bits per heavy atom. The van der Waals surface area contributed by atoms with Gasteiger partial charge in [0.2, 0.25) is 5.95 Å². The molecule has 2 aliphatic rings. The number of allylic oxidation sites excluding steroid dienone is 2. The van der Waals surface area contributed by atoms with Gasteiger partial charge < -0.3 is 10.6 Å². The molecule has 3 rings (SSSR count). The molecule has 1 aliphatic heterocycles. The molecule has 1 saturated carbocycles. The zero-order valence-corrected chi connectivity index (χ0v) is 15.2. The third-order valence-corrected chi connectivity index (χ3v) is 5.95. The van der Waals surface area contributed by atoms with Gasteiger partial charge in [0.15, 0.2) is 0 Å². The predicted molar refractivity (Wildman–Crippen MR) is 98.6 cm³/mol. The Labute approximate surface area is 147 Å². The first-order valence-electron chi connectivity index (χ1n) is 8.43. The Bertz CT molecular complexity index is 718. The number of nitrogens with one attached hydrogen (secondary N) is 2. The molecule has 0 aromatic carbocycles. The van der Waals surface area contributed by atoms with Crippen molar-refractivity contribution < 1.29 is 0 Å². The van der Waals surface area contributed by atoms with Crippen molar-refractivity contribution >= 4 is 23.3 Å². The van der Waals surface area contributed by atoms with E-state index in [9.17, 15) is 5.26 Å². The van der Waals surface area contributed by atoms with Crippen LogP contribution in [0.15, 0.2) is 28.4 Å². The highest BCUT2D eigenvalue weighted by molar-refractivity contribution is 8.06. The van der Waals surface area contributed by atoms with Gasteiger partial charge in [-0.2, -0.15) is 5.26 Å². The van der Waals surface area contributed by atoms with Crippen LogP contribution in [-0.2, 0) is 0 Å². The summed E-state index contributed by atoms with van der Waals surface area (Å²) in [6, 6.07) is 4.46. The van der Waals surface area contributed by atoms with Crippen LogP contribution in [0, 0.1) is 23.2 Å². The smallest absolute Gasteiger partial charge is 0.223 e. The van der Waals surface area contributed by atoms with Gasteiger partial charge in [0.05, 0.1) is 10.7 Å². The molecule has 1 aromatic heterocycles. The summed E-state index contributed by atoms with van der Waals surface area (Å²) < 4.78 is 0. The lowest BCUT2D eigenvalue weighted by molar-refractivity contribution is 0.252. The SMILES string of the molecule is CC1=CS/C(=C(/C#N)c2ccnc(NC3CCCC(C)C3C)n2)N1. The molecule has 1 aromatic rings. The molecule has 3 unspecified atom stereocenters. The van der Waals surface area contributed by atoms with Crippen LogP contribution in [0.2, 0.25) is 0 Å². The fourth-order valence-corrected chi connectivity index (χ4v) is 4.09. The molecular weight excluding hydrogens is 318 g/mol. The van der Waals surface area contributed by atoms with Crippen LogP contribution in [0.3, 0.4) is 0 Å². The quantitative estimate of drug-likeness (QED) is 0.806. The molecule has 6 heteroatoms. The van der Waals surface area contributed by atoms with E-state index in [-0.39, 0.29) is 0 Å². The first-order chi connectivity index (χ1) is 11.6. The maximum Gasteiger partial charge on any atom is 0.223 e. The van der Waals surface area contributed by atoms with Gasteiger partial charge >= 0.3 is 0 Å². The van der Waals surface area contributed by atoms with Crippen molar-refractivity contribution in [3.05, 3.63) is 34.1 Å². The van der Waals surface area contributed by atoms with Crippen LogP contribution >= 0.6 is 11.8 Å². The van der Waals surface area contributed by atoms with Crippen LogP contribution in [0.25, 0.3) is 5.57 Å². The largest absolute Gasteiger partial charge is 0.352 e. The van der Waals surface area contributed by atoms with Gasteiger partial charge in [0.25, 0.3) is 0 Å². The second-order valence-electron chi connectivity index (χ2n) is 6.64. The Morgan fingerprint density at radius 3 is 2.96 bits per heavy atom. The third-order valence-electron chi connectivity index (χ3n) is 4.94. The fourth-order valence-electron chi connectivity index (χ4n) is 3.25. The molecule has 2 N–H and O–H groups in total. The first kappa shape index (κ1) is 16.8. The van der Waals surface area contributed by atoms with Gasteiger partial charge in [-0.15, -0.1) is 0 Å². The van der Waals surface area contributed by atoms with E-state index in [1.54, 1.807) is 12.3 Å². The highest BCUT2D eigenvalue weighted by Crippen LogP contribution is 2.32. The van der Waals surface area contributed by atoms with Gasteiger partial charge in [-0.05, 0) is 36.7 Å². The lowest BCUT2D eigenvalue weighted by Crippen LogP contribution is -2.35. The van der Waals surface area contributed by atoms with Crippen molar-refractivity contribution in [2.24, 2.45) is 11.8 Å². The van der Waals surface area contributed by atoms with E-state index in [1.165, 1.54) is 24.6 Å². The lowest BCUT2D eigenvalue weighted by Gasteiger charge is -2.34. The number of thioether (sulfide) groups is 1. The van der Waals surface area contributed by atoms with Gasteiger partial charge in [-0.1, -0.05) is 38.5 Å². The van der Waals surface area contributed by atoms with E-state index < -0.39 is 0 Å².